The predicted octanol–water partition coefficient (Wildman–Crippen LogP) is 4.40. The first-order valence-corrected chi connectivity index (χ1v) is 10.2. The molecule has 4 bridgehead atoms. The van der Waals surface area contributed by atoms with Gasteiger partial charge in [-0.1, -0.05) is 0 Å². The van der Waals surface area contributed by atoms with Gasteiger partial charge in [0.15, 0.2) is 0 Å². The van der Waals surface area contributed by atoms with Gasteiger partial charge in [-0.3, -0.25) is 0 Å². The zero-order chi connectivity index (χ0) is 19.4. The van der Waals surface area contributed by atoms with Gasteiger partial charge in [0.2, 0.25) is 0 Å². The SMILES string of the molecule is CC(C)(C)OC(=O)c1c(N)cc(OCC23CC4CC(CC(C4)C2)C3)cc1N. The normalized spacial score (nSPS) is 31.7. The van der Waals surface area contributed by atoms with Crippen molar-refractivity contribution >= 4 is 17.3 Å². The van der Waals surface area contributed by atoms with Crippen molar-refractivity contribution in [2.45, 2.75) is 64.9 Å². The maximum atomic E-state index is 12.4. The van der Waals surface area contributed by atoms with E-state index in [0.29, 0.717) is 22.5 Å². The van der Waals surface area contributed by atoms with Crippen LogP contribution in [0.25, 0.3) is 0 Å². The van der Waals surface area contributed by atoms with Gasteiger partial charge >= 0.3 is 5.97 Å². The maximum Gasteiger partial charge on any atom is 0.342 e. The molecule has 0 aromatic heterocycles. The molecule has 0 atom stereocenters. The van der Waals surface area contributed by atoms with Crippen LogP contribution in [-0.4, -0.2) is 18.2 Å². The number of nitrogens with two attached hydrogens (primary N) is 2. The molecule has 0 saturated heterocycles. The van der Waals surface area contributed by atoms with Gasteiger partial charge in [0.25, 0.3) is 0 Å². The van der Waals surface area contributed by atoms with Crippen LogP contribution in [0.5, 0.6) is 5.75 Å². The van der Waals surface area contributed by atoms with Gasteiger partial charge in [-0.25, -0.2) is 4.79 Å². The topological polar surface area (TPSA) is 87.6 Å². The van der Waals surface area contributed by atoms with E-state index in [1.54, 1.807) is 12.1 Å². The Morgan fingerprint density at radius 2 is 1.52 bits per heavy atom. The molecule has 27 heavy (non-hydrogen) atoms. The van der Waals surface area contributed by atoms with E-state index in [0.717, 1.165) is 24.4 Å². The molecule has 0 spiro atoms. The summed E-state index contributed by atoms with van der Waals surface area (Å²) in [6, 6.07) is 3.41. The first kappa shape index (κ1) is 18.5. The second kappa shape index (κ2) is 6.32. The maximum absolute atomic E-state index is 12.4. The van der Waals surface area contributed by atoms with Crippen LogP contribution >= 0.6 is 0 Å². The van der Waals surface area contributed by atoms with Crippen molar-refractivity contribution in [1.82, 2.24) is 0 Å². The molecule has 4 saturated carbocycles. The summed E-state index contributed by atoms with van der Waals surface area (Å²) < 4.78 is 11.6. The number of hydrogen-bond donors (Lipinski definition) is 2. The second-order valence-electron chi connectivity index (χ2n) is 10.2. The molecule has 0 unspecified atom stereocenters. The molecule has 0 amide bonds. The van der Waals surface area contributed by atoms with Gasteiger partial charge in [0.1, 0.15) is 16.9 Å². The number of nitrogen functional groups attached to an aromatic ring is 2. The number of rotatable bonds is 4. The third kappa shape index (κ3) is 3.74. The largest absolute Gasteiger partial charge is 0.493 e. The number of anilines is 2. The van der Waals surface area contributed by atoms with Crippen molar-refractivity contribution in [2.24, 2.45) is 23.2 Å². The van der Waals surface area contributed by atoms with E-state index in [9.17, 15) is 4.79 Å². The molecule has 5 rings (SSSR count). The standard InChI is InChI=1S/C22H32N2O3/c1-21(2,3)27-20(25)19-17(23)7-16(8-18(19)24)26-12-22-9-13-4-14(10-22)6-15(5-13)11-22/h7-8,13-15H,4-6,9-12,23-24H2,1-3H3. The van der Waals surface area contributed by atoms with E-state index in [1.165, 1.54) is 38.5 Å². The van der Waals surface area contributed by atoms with Crippen LogP contribution in [-0.2, 0) is 4.74 Å². The molecule has 4 fully saturated rings. The van der Waals surface area contributed by atoms with Gasteiger partial charge in [0, 0.05) is 17.5 Å². The van der Waals surface area contributed by atoms with Crippen molar-refractivity contribution in [3.63, 3.8) is 0 Å². The molecular formula is C22H32N2O3. The highest BCUT2D eigenvalue weighted by Crippen LogP contribution is 2.60. The van der Waals surface area contributed by atoms with Crippen molar-refractivity contribution in [3.8, 4) is 5.75 Å². The fourth-order valence-corrected chi connectivity index (χ4v) is 6.01. The summed E-state index contributed by atoms with van der Waals surface area (Å²) in [5.74, 6) is 2.83. The average molecular weight is 373 g/mol. The van der Waals surface area contributed by atoms with Crippen molar-refractivity contribution in [1.29, 1.82) is 0 Å². The highest BCUT2D eigenvalue weighted by molar-refractivity contribution is 6.01. The fraction of sp³-hybridized carbons (Fsp3) is 0.682. The van der Waals surface area contributed by atoms with E-state index in [-0.39, 0.29) is 5.56 Å². The quantitative estimate of drug-likeness (QED) is 0.604. The Hall–Kier alpha value is -1.91. The number of carbonyl (C=O) groups is 1. The molecule has 4 aliphatic carbocycles. The summed E-state index contributed by atoms with van der Waals surface area (Å²) in [6.45, 7) is 6.18. The summed E-state index contributed by atoms with van der Waals surface area (Å²) in [5, 5.41) is 0. The lowest BCUT2D eigenvalue weighted by atomic mass is 9.50. The van der Waals surface area contributed by atoms with E-state index in [4.69, 9.17) is 20.9 Å². The minimum atomic E-state index is -0.594. The summed E-state index contributed by atoms with van der Waals surface area (Å²) >= 11 is 0. The van der Waals surface area contributed by atoms with Crippen LogP contribution in [0.4, 0.5) is 11.4 Å². The number of carbonyl (C=O) groups excluding carboxylic acids is 1. The average Bonchev–Trinajstić information content (AvgIpc) is 2.49. The zero-order valence-corrected chi connectivity index (χ0v) is 16.7. The highest BCUT2D eigenvalue weighted by Gasteiger charge is 2.51. The van der Waals surface area contributed by atoms with E-state index >= 15 is 0 Å². The van der Waals surface area contributed by atoms with Crippen LogP contribution in [0.3, 0.4) is 0 Å². The summed E-state index contributed by atoms with van der Waals surface area (Å²) in [5.41, 5.74) is 12.8. The zero-order valence-electron chi connectivity index (χ0n) is 16.7. The molecule has 0 heterocycles. The lowest BCUT2D eigenvalue weighted by Crippen LogP contribution is -2.48. The molecule has 4 aliphatic rings. The monoisotopic (exact) mass is 372 g/mol. The molecule has 1 aromatic carbocycles. The third-order valence-corrected chi connectivity index (χ3v) is 6.49. The lowest BCUT2D eigenvalue weighted by Gasteiger charge is -2.56. The summed E-state index contributed by atoms with van der Waals surface area (Å²) in [7, 11) is 0. The second-order valence-corrected chi connectivity index (χ2v) is 10.2. The van der Waals surface area contributed by atoms with Crippen LogP contribution in [0.15, 0.2) is 12.1 Å². The Bertz CT molecular complexity index is 692. The molecule has 0 aliphatic heterocycles. The Morgan fingerprint density at radius 1 is 1.04 bits per heavy atom. The van der Waals surface area contributed by atoms with Gasteiger partial charge in [-0.05, 0) is 77.0 Å². The molecule has 0 radical (unpaired) electrons. The predicted molar refractivity (Wildman–Crippen MR) is 107 cm³/mol. The highest BCUT2D eigenvalue weighted by atomic mass is 16.6. The Kier molecular flexibility index (Phi) is 4.32. The van der Waals surface area contributed by atoms with Gasteiger partial charge < -0.3 is 20.9 Å². The molecule has 1 aromatic rings. The minimum absolute atomic E-state index is 0.229. The van der Waals surface area contributed by atoms with Gasteiger partial charge in [-0.2, -0.15) is 0 Å². The van der Waals surface area contributed by atoms with Crippen molar-refractivity contribution < 1.29 is 14.3 Å². The number of hydrogen-bond acceptors (Lipinski definition) is 5. The van der Waals surface area contributed by atoms with Crippen LogP contribution < -0.4 is 16.2 Å². The fourth-order valence-electron chi connectivity index (χ4n) is 6.01. The van der Waals surface area contributed by atoms with E-state index in [2.05, 4.69) is 0 Å². The summed E-state index contributed by atoms with van der Waals surface area (Å²) in [4.78, 5) is 12.4. The minimum Gasteiger partial charge on any atom is -0.493 e. The smallest absolute Gasteiger partial charge is 0.342 e. The molecular weight excluding hydrogens is 340 g/mol. The molecule has 5 nitrogen and oxygen atoms in total. The van der Waals surface area contributed by atoms with Crippen molar-refractivity contribution in [3.05, 3.63) is 17.7 Å². The first-order valence-electron chi connectivity index (χ1n) is 10.2. The molecule has 5 heteroatoms. The van der Waals surface area contributed by atoms with Crippen LogP contribution in [0.2, 0.25) is 0 Å². The number of esters is 1. The number of ether oxygens (including phenoxy) is 2. The molecule has 148 valence electrons. The Morgan fingerprint density at radius 3 is 1.96 bits per heavy atom. The van der Waals surface area contributed by atoms with Crippen LogP contribution in [0.1, 0.15) is 69.7 Å². The summed E-state index contributed by atoms with van der Waals surface area (Å²) in [6.07, 6.45) is 8.14. The van der Waals surface area contributed by atoms with E-state index < -0.39 is 11.6 Å². The Balaban J connectivity index is 1.47. The van der Waals surface area contributed by atoms with Crippen molar-refractivity contribution in [2.75, 3.05) is 18.1 Å². The van der Waals surface area contributed by atoms with Crippen LogP contribution in [0, 0.1) is 23.2 Å². The molecule has 4 N–H and O–H groups in total. The lowest BCUT2D eigenvalue weighted by molar-refractivity contribution is -0.0745. The van der Waals surface area contributed by atoms with Gasteiger partial charge in [0.05, 0.1) is 18.0 Å². The van der Waals surface area contributed by atoms with E-state index in [1.807, 2.05) is 20.8 Å². The number of benzene rings is 1. The Labute approximate surface area is 161 Å². The van der Waals surface area contributed by atoms with Gasteiger partial charge in [-0.15, -0.1) is 0 Å². The third-order valence-electron chi connectivity index (χ3n) is 6.49. The first-order chi connectivity index (χ1) is 12.6.